The van der Waals surface area contributed by atoms with E-state index in [1.165, 1.54) is 18.4 Å². The van der Waals surface area contributed by atoms with Gasteiger partial charge in [0.05, 0.1) is 27.2 Å². The molecule has 2 unspecified atom stereocenters. The molecular formula is C27H42ClNO2. The van der Waals surface area contributed by atoms with E-state index in [1.807, 2.05) is 30.3 Å². The molecule has 2 atom stereocenters. The van der Waals surface area contributed by atoms with Gasteiger partial charge < -0.3 is 26.4 Å². The van der Waals surface area contributed by atoms with E-state index >= 15 is 0 Å². The first-order chi connectivity index (χ1) is 14.1. The van der Waals surface area contributed by atoms with Gasteiger partial charge in [0, 0.05) is 18.8 Å². The summed E-state index contributed by atoms with van der Waals surface area (Å²) in [6.07, 6.45) is 3.15. The second kappa shape index (κ2) is 11.9. The molecule has 0 aliphatic heterocycles. The summed E-state index contributed by atoms with van der Waals surface area (Å²) in [7, 11) is 4.59. The number of nitrogens with zero attached hydrogens (tertiary/aromatic N) is 1. The summed E-state index contributed by atoms with van der Waals surface area (Å²) in [5.74, 6) is 0.888. The molecule has 0 bridgehead atoms. The second-order valence-corrected chi connectivity index (χ2v) is 10.0. The van der Waals surface area contributed by atoms with Crippen LogP contribution in [-0.4, -0.2) is 43.6 Å². The van der Waals surface area contributed by atoms with Crippen LogP contribution in [0.5, 0.6) is 5.75 Å². The molecule has 0 aromatic heterocycles. The molecule has 0 N–H and O–H groups in total. The van der Waals surface area contributed by atoms with E-state index in [4.69, 9.17) is 9.47 Å². The Hall–Kier alpha value is -1.55. The minimum Gasteiger partial charge on any atom is -1.00 e. The van der Waals surface area contributed by atoms with E-state index in [0.29, 0.717) is 6.61 Å². The Labute approximate surface area is 196 Å². The second-order valence-electron chi connectivity index (χ2n) is 10.0. The zero-order valence-electron chi connectivity index (χ0n) is 20.5. The first-order valence-corrected chi connectivity index (χ1v) is 11.3. The van der Waals surface area contributed by atoms with Gasteiger partial charge in [-0.2, -0.15) is 0 Å². The first kappa shape index (κ1) is 27.5. The Morgan fingerprint density at radius 3 is 1.94 bits per heavy atom. The molecule has 4 heteroatoms. The molecule has 3 nitrogen and oxygen atoms in total. The van der Waals surface area contributed by atoms with Crippen LogP contribution in [0, 0.1) is 5.41 Å². The van der Waals surface area contributed by atoms with Crippen LogP contribution in [0.25, 0.3) is 0 Å². The predicted molar refractivity (Wildman–Crippen MR) is 127 cm³/mol. The summed E-state index contributed by atoms with van der Waals surface area (Å²) >= 11 is 0. The van der Waals surface area contributed by atoms with Crippen molar-refractivity contribution in [3.63, 3.8) is 0 Å². The van der Waals surface area contributed by atoms with Gasteiger partial charge in [-0.25, -0.2) is 0 Å². The number of hydrogen-bond acceptors (Lipinski definition) is 2. The summed E-state index contributed by atoms with van der Waals surface area (Å²) in [5, 5.41) is 0. The summed E-state index contributed by atoms with van der Waals surface area (Å²) < 4.78 is 14.0. The highest BCUT2D eigenvalue weighted by Crippen LogP contribution is 2.40. The van der Waals surface area contributed by atoms with Gasteiger partial charge in [0.1, 0.15) is 11.9 Å². The Morgan fingerprint density at radius 1 is 0.871 bits per heavy atom. The molecule has 2 aromatic carbocycles. The molecule has 0 saturated heterocycles. The van der Waals surface area contributed by atoms with Crippen LogP contribution in [0.3, 0.4) is 0 Å². The number of hydrogen-bond donors (Lipinski definition) is 0. The molecule has 0 fully saturated rings. The van der Waals surface area contributed by atoms with Gasteiger partial charge >= 0.3 is 0 Å². The van der Waals surface area contributed by atoms with Gasteiger partial charge in [-0.3, -0.25) is 0 Å². The fraction of sp³-hybridized carbons (Fsp3) is 0.556. The van der Waals surface area contributed by atoms with E-state index in [9.17, 15) is 0 Å². The van der Waals surface area contributed by atoms with Gasteiger partial charge in [0.25, 0.3) is 0 Å². The van der Waals surface area contributed by atoms with Gasteiger partial charge in [0.2, 0.25) is 5.72 Å². The monoisotopic (exact) mass is 447 g/mol. The van der Waals surface area contributed by atoms with Crippen molar-refractivity contribution in [2.24, 2.45) is 5.41 Å². The molecule has 0 spiro atoms. The van der Waals surface area contributed by atoms with Gasteiger partial charge in [-0.1, -0.05) is 82.6 Å². The Balaban J connectivity index is 0.00000480. The SMILES string of the molecule is CCCC[N+](C)(C)C(C)(OCC(Cc1ccccc1)Oc1ccccc1)C(C)(C)C.[Cl-]. The Kier molecular flexibility index (Phi) is 10.5. The third-order valence-corrected chi connectivity index (χ3v) is 6.52. The molecule has 0 amide bonds. The van der Waals surface area contributed by atoms with Crippen molar-refractivity contribution in [2.45, 2.75) is 65.7 Å². The maximum absolute atomic E-state index is 6.81. The highest BCUT2D eigenvalue weighted by atomic mass is 35.5. The Morgan fingerprint density at radius 2 is 1.42 bits per heavy atom. The molecule has 0 aliphatic carbocycles. The lowest BCUT2D eigenvalue weighted by molar-refractivity contribution is -0.975. The topological polar surface area (TPSA) is 18.5 Å². The van der Waals surface area contributed by atoms with Crippen LogP contribution in [0.2, 0.25) is 0 Å². The number of ether oxygens (including phenoxy) is 2. The molecule has 0 heterocycles. The smallest absolute Gasteiger partial charge is 0.204 e. The quantitative estimate of drug-likeness (QED) is 0.388. The molecule has 0 radical (unpaired) electrons. The minimum atomic E-state index is -0.336. The molecule has 174 valence electrons. The number of benzene rings is 2. The van der Waals surface area contributed by atoms with Crippen LogP contribution in [0.4, 0.5) is 0 Å². The number of quaternary nitrogens is 1. The summed E-state index contributed by atoms with van der Waals surface area (Å²) in [6.45, 7) is 13.0. The van der Waals surface area contributed by atoms with Crippen molar-refractivity contribution >= 4 is 0 Å². The van der Waals surface area contributed by atoms with Crippen LogP contribution < -0.4 is 17.1 Å². The van der Waals surface area contributed by atoms with Crippen LogP contribution in [0.15, 0.2) is 60.7 Å². The molecule has 0 aliphatic rings. The van der Waals surface area contributed by atoms with Crippen molar-refractivity contribution in [3.8, 4) is 5.75 Å². The van der Waals surface area contributed by atoms with E-state index in [1.54, 1.807) is 0 Å². The van der Waals surface area contributed by atoms with Crippen LogP contribution in [-0.2, 0) is 11.2 Å². The molecule has 0 saturated carbocycles. The maximum atomic E-state index is 6.81. The van der Waals surface area contributed by atoms with Crippen molar-refractivity contribution < 1.29 is 26.4 Å². The third-order valence-electron chi connectivity index (χ3n) is 6.52. The van der Waals surface area contributed by atoms with E-state index in [2.05, 4.69) is 79.0 Å². The predicted octanol–water partition coefficient (Wildman–Crippen LogP) is 3.34. The maximum Gasteiger partial charge on any atom is 0.204 e. The van der Waals surface area contributed by atoms with Gasteiger partial charge in [-0.15, -0.1) is 0 Å². The fourth-order valence-corrected chi connectivity index (χ4v) is 4.02. The van der Waals surface area contributed by atoms with Crippen LogP contribution in [0.1, 0.15) is 53.0 Å². The van der Waals surface area contributed by atoms with Gasteiger partial charge in [-0.05, 0) is 24.1 Å². The number of rotatable bonds is 11. The van der Waals surface area contributed by atoms with Crippen molar-refractivity contribution in [1.82, 2.24) is 0 Å². The number of unbranched alkanes of at least 4 members (excludes halogenated alkanes) is 1. The van der Waals surface area contributed by atoms with E-state index in [-0.39, 0.29) is 29.7 Å². The highest BCUT2D eigenvalue weighted by molar-refractivity contribution is 5.22. The number of para-hydroxylation sites is 1. The van der Waals surface area contributed by atoms with Gasteiger partial charge in [0.15, 0.2) is 0 Å². The molecular weight excluding hydrogens is 406 g/mol. The normalized spacial score (nSPS) is 14.9. The lowest BCUT2D eigenvalue weighted by Crippen LogP contribution is -3.00. The van der Waals surface area contributed by atoms with E-state index in [0.717, 1.165) is 23.2 Å². The molecule has 2 aromatic rings. The average molecular weight is 448 g/mol. The molecule has 2 rings (SSSR count). The van der Waals surface area contributed by atoms with Crippen molar-refractivity contribution in [1.29, 1.82) is 0 Å². The zero-order valence-corrected chi connectivity index (χ0v) is 21.3. The fourth-order valence-electron chi connectivity index (χ4n) is 4.02. The summed E-state index contributed by atoms with van der Waals surface area (Å²) in [5.41, 5.74) is 0.907. The minimum absolute atomic E-state index is 0. The highest BCUT2D eigenvalue weighted by Gasteiger charge is 2.52. The molecule has 31 heavy (non-hydrogen) atoms. The standard InChI is InChI=1S/C27H42NO2.ClH/c1-8-9-20-28(6,7)27(5,26(2,3)4)29-22-25(21-23-16-12-10-13-17-23)30-24-18-14-11-15-19-24;/h10-19,25H,8-9,20-22H2,1-7H3;1H/q+1;/p-1. The third kappa shape index (κ3) is 7.52. The Bertz CT molecular complexity index is 701. The largest absolute Gasteiger partial charge is 1.00 e. The van der Waals surface area contributed by atoms with Crippen LogP contribution >= 0.6 is 0 Å². The lowest BCUT2D eigenvalue weighted by Gasteiger charge is -2.53. The average Bonchev–Trinajstić information content (AvgIpc) is 2.71. The summed E-state index contributed by atoms with van der Waals surface area (Å²) in [6, 6.07) is 20.6. The number of halogens is 1. The zero-order chi connectivity index (χ0) is 22.3. The lowest BCUT2D eigenvalue weighted by atomic mass is 9.81. The van der Waals surface area contributed by atoms with Crippen molar-refractivity contribution in [3.05, 3.63) is 66.2 Å². The van der Waals surface area contributed by atoms with E-state index < -0.39 is 0 Å². The van der Waals surface area contributed by atoms with Crippen molar-refractivity contribution in [2.75, 3.05) is 27.2 Å². The first-order valence-electron chi connectivity index (χ1n) is 11.3. The summed E-state index contributed by atoms with van der Waals surface area (Å²) in [4.78, 5) is 0.